The summed E-state index contributed by atoms with van der Waals surface area (Å²) in [7, 11) is 0. The normalized spacial score (nSPS) is 51.5. The minimum Gasteiger partial charge on any atom is -0.462 e. The van der Waals surface area contributed by atoms with Crippen molar-refractivity contribution in [2.45, 2.75) is 78.2 Å². The standard InChI is InChI=1S/C21H32O2/c1-14(22)23-19-10-9-17-16-8-7-15-6-4-5-12-20(15,2)18(16)11-13-21(17,19)3/h4-5,15-19H,6-13H2,1-3H3/t15-,16+,17+,18+,19+,20+,21+/m1/s1. The molecule has 0 bridgehead atoms. The van der Waals surface area contributed by atoms with E-state index < -0.39 is 0 Å². The highest BCUT2D eigenvalue weighted by atomic mass is 16.5. The van der Waals surface area contributed by atoms with Crippen molar-refractivity contribution < 1.29 is 9.53 Å². The van der Waals surface area contributed by atoms with E-state index in [2.05, 4.69) is 26.0 Å². The first-order valence-electron chi connectivity index (χ1n) is 9.77. The molecular weight excluding hydrogens is 284 g/mol. The average molecular weight is 316 g/mol. The first kappa shape index (κ1) is 15.7. The van der Waals surface area contributed by atoms with Crippen LogP contribution in [0.25, 0.3) is 0 Å². The van der Waals surface area contributed by atoms with Crippen molar-refractivity contribution in [1.82, 2.24) is 0 Å². The number of hydrogen-bond donors (Lipinski definition) is 0. The summed E-state index contributed by atoms with van der Waals surface area (Å²) in [6.45, 7) is 6.58. The molecule has 0 radical (unpaired) electrons. The third-order valence-corrected chi connectivity index (χ3v) is 8.43. The number of ether oxygens (including phenoxy) is 1. The third-order valence-electron chi connectivity index (χ3n) is 8.43. The first-order chi connectivity index (χ1) is 10.9. The Balaban J connectivity index is 1.60. The number of allylic oxidation sites excluding steroid dienone is 2. The maximum Gasteiger partial charge on any atom is 0.302 e. The summed E-state index contributed by atoms with van der Waals surface area (Å²) in [6, 6.07) is 0. The van der Waals surface area contributed by atoms with Crippen LogP contribution in [-0.2, 0) is 9.53 Å². The highest BCUT2D eigenvalue weighted by molar-refractivity contribution is 5.66. The summed E-state index contributed by atoms with van der Waals surface area (Å²) in [6.07, 6.45) is 15.4. The van der Waals surface area contributed by atoms with Gasteiger partial charge in [0.1, 0.15) is 6.10 Å². The Kier molecular flexibility index (Phi) is 3.66. The molecule has 0 spiro atoms. The lowest BCUT2D eigenvalue weighted by molar-refractivity contribution is -0.159. The lowest BCUT2D eigenvalue weighted by Crippen LogP contribution is -2.53. The van der Waals surface area contributed by atoms with Crippen molar-refractivity contribution in [1.29, 1.82) is 0 Å². The van der Waals surface area contributed by atoms with Gasteiger partial charge in [-0.25, -0.2) is 0 Å². The fourth-order valence-corrected chi connectivity index (χ4v) is 7.18. The Morgan fingerprint density at radius 3 is 2.57 bits per heavy atom. The molecule has 0 unspecified atom stereocenters. The number of carbonyl (C=O) groups is 1. The number of carbonyl (C=O) groups excluding carboxylic acids is 1. The monoisotopic (exact) mass is 316 g/mol. The molecule has 0 aliphatic heterocycles. The molecule has 0 N–H and O–H groups in total. The van der Waals surface area contributed by atoms with Crippen LogP contribution >= 0.6 is 0 Å². The molecule has 4 aliphatic rings. The molecule has 0 amide bonds. The van der Waals surface area contributed by atoms with Crippen molar-refractivity contribution in [3.05, 3.63) is 12.2 Å². The van der Waals surface area contributed by atoms with Crippen molar-refractivity contribution in [3.63, 3.8) is 0 Å². The minimum atomic E-state index is -0.0907. The second kappa shape index (κ2) is 5.36. The van der Waals surface area contributed by atoms with E-state index in [0.717, 1.165) is 30.1 Å². The van der Waals surface area contributed by atoms with Gasteiger partial charge in [0.25, 0.3) is 0 Å². The van der Waals surface area contributed by atoms with Crippen molar-refractivity contribution in [2.24, 2.45) is 34.5 Å². The SMILES string of the molecule is CC(=O)O[C@H]1CC[C@H]2[C@@H]3CC[C@H]4CC=CC[C@]4(C)[C@H]3CC[C@]12C. The largest absolute Gasteiger partial charge is 0.462 e. The van der Waals surface area contributed by atoms with Gasteiger partial charge in [0.2, 0.25) is 0 Å². The Labute approximate surface area is 141 Å². The number of hydrogen-bond acceptors (Lipinski definition) is 2. The molecule has 3 saturated carbocycles. The Morgan fingerprint density at radius 1 is 1.00 bits per heavy atom. The molecule has 0 saturated heterocycles. The molecule has 2 nitrogen and oxygen atoms in total. The molecule has 2 heteroatoms. The highest BCUT2D eigenvalue weighted by Crippen LogP contribution is 2.65. The van der Waals surface area contributed by atoms with E-state index in [0.29, 0.717) is 5.41 Å². The molecule has 0 aromatic rings. The van der Waals surface area contributed by atoms with Crippen LogP contribution < -0.4 is 0 Å². The van der Waals surface area contributed by atoms with Crippen LogP contribution in [-0.4, -0.2) is 12.1 Å². The van der Waals surface area contributed by atoms with Gasteiger partial charge in [0, 0.05) is 12.3 Å². The predicted molar refractivity (Wildman–Crippen MR) is 91.8 cm³/mol. The van der Waals surface area contributed by atoms with Crippen LogP contribution in [0.3, 0.4) is 0 Å². The molecule has 23 heavy (non-hydrogen) atoms. The Morgan fingerprint density at radius 2 is 1.78 bits per heavy atom. The van der Waals surface area contributed by atoms with Gasteiger partial charge in [-0.05, 0) is 80.5 Å². The lowest BCUT2D eigenvalue weighted by Gasteiger charge is -2.59. The van der Waals surface area contributed by atoms with Crippen LogP contribution in [0.5, 0.6) is 0 Å². The predicted octanol–water partition coefficient (Wildman–Crippen LogP) is 5.13. The van der Waals surface area contributed by atoms with E-state index in [1.54, 1.807) is 6.92 Å². The summed E-state index contributed by atoms with van der Waals surface area (Å²) >= 11 is 0. The van der Waals surface area contributed by atoms with Crippen molar-refractivity contribution in [2.75, 3.05) is 0 Å². The lowest BCUT2D eigenvalue weighted by atomic mass is 9.46. The van der Waals surface area contributed by atoms with Gasteiger partial charge >= 0.3 is 5.97 Å². The maximum atomic E-state index is 11.5. The second-order valence-corrected chi connectivity index (χ2v) is 9.29. The minimum absolute atomic E-state index is 0.0907. The zero-order chi connectivity index (χ0) is 16.2. The zero-order valence-electron chi connectivity index (χ0n) is 15.0. The summed E-state index contributed by atoms with van der Waals surface area (Å²) in [4.78, 5) is 11.5. The van der Waals surface area contributed by atoms with Crippen LogP contribution in [0, 0.1) is 34.5 Å². The van der Waals surface area contributed by atoms with Gasteiger partial charge in [-0.1, -0.05) is 26.0 Å². The van der Waals surface area contributed by atoms with Crippen LogP contribution in [0.4, 0.5) is 0 Å². The summed E-state index contributed by atoms with van der Waals surface area (Å²) in [5, 5.41) is 0. The van der Waals surface area contributed by atoms with E-state index in [1.165, 1.54) is 44.9 Å². The van der Waals surface area contributed by atoms with Crippen LogP contribution in [0.1, 0.15) is 72.1 Å². The zero-order valence-corrected chi connectivity index (χ0v) is 15.0. The number of esters is 1. The molecule has 128 valence electrons. The fourth-order valence-electron chi connectivity index (χ4n) is 7.18. The molecule has 0 aromatic carbocycles. The topological polar surface area (TPSA) is 26.3 Å². The first-order valence-corrected chi connectivity index (χ1v) is 9.77. The molecular formula is C21H32O2. The Hall–Kier alpha value is -0.790. The summed E-state index contributed by atoms with van der Waals surface area (Å²) in [5.74, 6) is 3.34. The summed E-state index contributed by atoms with van der Waals surface area (Å²) < 4.78 is 5.75. The van der Waals surface area contributed by atoms with Gasteiger partial charge in [0.05, 0.1) is 0 Å². The summed E-state index contributed by atoms with van der Waals surface area (Å²) in [5.41, 5.74) is 0.763. The van der Waals surface area contributed by atoms with Crippen molar-refractivity contribution >= 4 is 5.97 Å². The quantitative estimate of drug-likeness (QED) is 0.495. The van der Waals surface area contributed by atoms with Crippen molar-refractivity contribution in [3.8, 4) is 0 Å². The molecule has 4 aliphatic carbocycles. The van der Waals surface area contributed by atoms with Crippen LogP contribution in [0.15, 0.2) is 12.2 Å². The highest BCUT2D eigenvalue weighted by Gasteiger charge is 2.60. The Bertz CT molecular complexity index is 524. The molecule has 0 heterocycles. The van der Waals surface area contributed by atoms with E-state index in [1.807, 2.05) is 0 Å². The third kappa shape index (κ3) is 2.23. The van der Waals surface area contributed by atoms with E-state index in [-0.39, 0.29) is 17.5 Å². The number of rotatable bonds is 1. The van der Waals surface area contributed by atoms with Gasteiger partial charge < -0.3 is 4.74 Å². The van der Waals surface area contributed by atoms with Gasteiger partial charge in [-0.15, -0.1) is 0 Å². The molecule has 3 fully saturated rings. The van der Waals surface area contributed by atoms with Gasteiger partial charge in [-0.3, -0.25) is 4.79 Å². The molecule has 7 atom stereocenters. The van der Waals surface area contributed by atoms with E-state index >= 15 is 0 Å². The van der Waals surface area contributed by atoms with Gasteiger partial charge in [-0.2, -0.15) is 0 Å². The fraction of sp³-hybridized carbons (Fsp3) is 0.857. The number of fused-ring (bicyclic) bond motifs is 5. The average Bonchev–Trinajstić information content (AvgIpc) is 2.83. The van der Waals surface area contributed by atoms with Crippen LogP contribution in [0.2, 0.25) is 0 Å². The van der Waals surface area contributed by atoms with E-state index in [4.69, 9.17) is 4.74 Å². The molecule has 0 aromatic heterocycles. The van der Waals surface area contributed by atoms with E-state index in [9.17, 15) is 4.79 Å². The molecule has 4 rings (SSSR count). The van der Waals surface area contributed by atoms with Gasteiger partial charge in [0.15, 0.2) is 0 Å². The second-order valence-electron chi connectivity index (χ2n) is 9.29. The smallest absolute Gasteiger partial charge is 0.302 e. The maximum absolute atomic E-state index is 11.5.